The molecule has 0 bridgehead atoms. The van der Waals surface area contributed by atoms with Crippen molar-refractivity contribution in [1.29, 1.82) is 0 Å². The SMILES string of the molecule is Cc1ccsc1[C@@H]1CCN(C(=O)CCc2c(C)n[nH]c2C)C[C@H]1O. The normalized spacial score (nSPS) is 21.2. The average molecular weight is 347 g/mol. The summed E-state index contributed by atoms with van der Waals surface area (Å²) in [6, 6.07) is 2.10. The number of aromatic amines is 1. The zero-order chi connectivity index (χ0) is 17.3. The first-order valence-electron chi connectivity index (χ1n) is 8.47. The van der Waals surface area contributed by atoms with E-state index >= 15 is 0 Å². The number of hydrogen-bond donors (Lipinski definition) is 2. The molecule has 2 aromatic rings. The molecule has 2 N–H and O–H groups in total. The number of aliphatic hydroxyl groups excluding tert-OH is 1. The van der Waals surface area contributed by atoms with Crippen molar-refractivity contribution in [2.75, 3.05) is 13.1 Å². The Morgan fingerprint density at radius 1 is 1.46 bits per heavy atom. The predicted octanol–water partition coefficient (Wildman–Crippen LogP) is 2.71. The van der Waals surface area contributed by atoms with E-state index in [2.05, 4.69) is 28.6 Å². The molecule has 3 rings (SSSR count). The first-order chi connectivity index (χ1) is 11.5. The van der Waals surface area contributed by atoms with Crippen LogP contribution in [0.5, 0.6) is 0 Å². The number of piperidine rings is 1. The number of carbonyl (C=O) groups excluding carboxylic acids is 1. The summed E-state index contributed by atoms with van der Waals surface area (Å²) < 4.78 is 0. The number of nitrogens with zero attached hydrogens (tertiary/aromatic N) is 2. The zero-order valence-electron chi connectivity index (χ0n) is 14.5. The molecule has 0 unspecified atom stereocenters. The molecular formula is C18H25N3O2S. The van der Waals surface area contributed by atoms with Gasteiger partial charge >= 0.3 is 0 Å². The van der Waals surface area contributed by atoms with Crippen molar-refractivity contribution in [3.05, 3.63) is 38.8 Å². The van der Waals surface area contributed by atoms with Crippen LogP contribution in [0, 0.1) is 20.8 Å². The number of aryl methyl sites for hydroxylation is 3. The van der Waals surface area contributed by atoms with E-state index in [0.717, 1.165) is 29.9 Å². The quantitative estimate of drug-likeness (QED) is 0.893. The molecule has 1 aliphatic heterocycles. The smallest absolute Gasteiger partial charge is 0.222 e. The van der Waals surface area contributed by atoms with Gasteiger partial charge in [0.2, 0.25) is 5.91 Å². The molecule has 2 aromatic heterocycles. The van der Waals surface area contributed by atoms with Crippen LogP contribution in [-0.2, 0) is 11.2 Å². The second kappa shape index (κ2) is 7.07. The van der Waals surface area contributed by atoms with Crippen LogP contribution < -0.4 is 0 Å². The van der Waals surface area contributed by atoms with E-state index in [-0.39, 0.29) is 11.8 Å². The molecule has 2 atom stereocenters. The Hall–Kier alpha value is -1.66. The Labute approximate surface area is 146 Å². The number of β-amino-alcohol motifs (C(OH)–C–C–N with tert-alkyl or cyclic N) is 1. The maximum atomic E-state index is 12.5. The Kier molecular flexibility index (Phi) is 5.06. The van der Waals surface area contributed by atoms with Crippen molar-refractivity contribution >= 4 is 17.2 Å². The van der Waals surface area contributed by atoms with Gasteiger partial charge in [-0.25, -0.2) is 0 Å². The number of hydrogen-bond acceptors (Lipinski definition) is 4. The third-order valence-electron chi connectivity index (χ3n) is 5.04. The van der Waals surface area contributed by atoms with Crippen molar-refractivity contribution in [3.8, 4) is 0 Å². The average Bonchev–Trinajstić information content (AvgIpc) is 3.11. The molecule has 24 heavy (non-hydrogen) atoms. The van der Waals surface area contributed by atoms with Gasteiger partial charge in [0.05, 0.1) is 11.8 Å². The van der Waals surface area contributed by atoms with Crippen LogP contribution in [0.25, 0.3) is 0 Å². The number of carbonyl (C=O) groups is 1. The molecule has 0 aromatic carbocycles. The lowest BCUT2D eigenvalue weighted by Crippen LogP contribution is -2.45. The number of aromatic nitrogens is 2. The van der Waals surface area contributed by atoms with Crippen LogP contribution in [0.2, 0.25) is 0 Å². The minimum atomic E-state index is -0.475. The van der Waals surface area contributed by atoms with Gasteiger partial charge in [-0.15, -0.1) is 11.3 Å². The van der Waals surface area contributed by atoms with E-state index in [4.69, 9.17) is 0 Å². The molecule has 1 aliphatic rings. The van der Waals surface area contributed by atoms with Crippen LogP contribution in [0.3, 0.4) is 0 Å². The van der Waals surface area contributed by atoms with Gasteiger partial charge in [-0.2, -0.15) is 5.10 Å². The number of amides is 1. The second-order valence-corrected chi connectivity index (χ2v) is 7.63. The summed E-state index contributed by atoms with van der Waals surface area (Å²) in [5.41, 5.74) is 4.38. The minimum absolute atomic E-state index is 0.121. The zero-order valence-corrected chi connectivity index (χ0v) is 15.3. The fourth-order valence-electron chi connectivity index (χ4n) is 3.56. The summed E-state index contributed by atoms with van der Waals surface area (Å²) in [6.07, 6.45) is 1.53. The van der Waals surface area contributed by atoms with E-state index in [0.29, 0.717) is 19.4 Å². The standard InChI is InChI=1S/C18H25N3O2S/c1-11-7-9-24-18(11)15-6-8-21(10-16(15)22)17(23)5-4-14-12(2)19-20-13(14)3/h7,9,15-16,22H,4-6,8,10H2,1-3H3,(H,19,20)/t15-,16-/m1/s1. The summed E-state index contributed by atoms with van der Waals surface area (Å²) in [5.74, 6) is 0.280. The van der Waals surface area contributed by atoms with Gasteiger partial charge in [0.1, 0.15) is 0 Å². The highest BCUT2D eigenvalue weighted by atomic mass is 32.1. The van der Waals surface area contributed by atoms with E-state index < -0.39 is 6.10 Å². The van der Waals surface area contributed by atoms with Crippen molar-refractivity contribution in [2.24, 2.45) is 0 Å². The van der Waals surface area contributed by atoms with E-state index in [1.54, 1.807) is 11.3 Å². The summed E-state index contributed by atoms with van der Waals surface area (Å²) >= 11 is 1.71. The molecule has 5 nitrogen and oxygen atoms in total. The van der Waals surface area contributed by atoms with Crippen LogP contribution in [0.4, 0.5) is 0 Å². The van der Waals surface area contributed by atoms with E-state index in [9.17, 15) is 9.90 Å². The molecule has 1 amide bonds. The van der Waals surface area contributed by atoms with Gasteiger partial charge in [0.15, 0.2) is 0 Å². The molecule has 1 saturated heterocycles. The van der Waals surface area contributed by atoms with Gasteiger partial charge in [-0.3, -0.25) is 9.89 Å². The molecule has 3 heterocycles. The van der Waals surface area contributed by atoms with Crippen LogP contribution in [0.1, 0.15) is 46.2 Å². The van der Waals surface area contributed by atoms with Gasteiger partial charge in [-0.1, -0.05) is 0 Å². The lowest BCUT2D eigenvalue weighted by atomic mass is 9.90. The Balaban J connectivity index is 1.57. The molecule has 130 valence electrons. The molecule has 0 radical (unpaired) electrons. The molecular weight excluding hydrogens is 322 g/mol. The Morgan fingerprint density at radius 2 is 2.25 bits per heavy atom. The molecule has 0 saturated carbocycles. The van der Waals surface area contributed by atoms with Gasteiger partial charge in [0, 0.05) is 36.0 Å². The minimum Gasteiger partial charge on any atom is -0.391 e. The summed E-state index contributed by atoms with van der Waals surface area (Å²) in [5, 5.41) is 19.7. The van der Waals surface area contributed by atoms with Crippen molar-refractivity contribution in [3.63, 3.8) is 0 Å². The molecule has 1 fully saturated rings. The lowest BCUT2D eigenvalue weighted by Gasteiger charge is -2.36. The number of aliphatic hydroxyl groups is 1. The second-order valence-electron chi connectivity index (χ2n) is 6.68. The Bertz CT molecular complexity index is 702. The largest absolute Gasteiger partial charge is 0.391 e. The highest BCUT2D eigenvalue weighted by molar-refractivity contribution is 7.10. The number of rotatable bonds is 4. The lowest BCUT2D eigenvalue weighted by molar-refractivity contribution is -0.134. The molecule has 6 heteroatoms. The van der Waals surface area contributed by atoms with Crippen LogP contribution in [-0.4, -0.2) is 45.3 Å². The van der Waals surface area contributed by atoms with Gasteiger partial charge < -0.3 is 10.0 Å². The highest BCUT2D eigenvalue weighted by Crippen LogP contribution is 2.34. The van der Waals surface area contributed by atoms with Crippen molar-refractivity contribution < 1.29 is 9.90 Å². The maximum absolute atomic E-state index is 12.5. The first kappa shape index (κ1) is 17.2. The number of nitrogens with one attached hydrogen (secondary N) is 1. The third kappa shape index (κ3) is 3.39. The Morgan fingerprint density at radius 3 is 2.83 bits per heavy atom. The van der Waals surface area contributed by atoms with E-state index in [1.165, 1.54) is 10.4 Å². The number of likely N-dealkylation sites (tertiary alicyclic amines) is 1. The summed E-state index contributed by atoms with van der Waals surface area (Å²) in [7, 11) is 0. The fourth-order valence-corrected chi connectivity index (χ4v) is 4.68. The fraction of sp³-hybridized carbons (Fsp3) is 0.556. The van der Waals surface area contributed by atoms with Crippen LogP contribution >= 0.6 is 11.3 Å². The highest BCUT2D eigenvalue weighted by Gasteiger charge is 2.32. The number of thiophene rings is 1. The maximum Gasteiger partial charge on any atom is 0.222 e. The van der Waals surface area contributed by atoms with Crippen molar-refractivity contribution in [1.82, 2.24) is 15.1 Å². The van der Waals surface area contributed by atoms with E-state index in [1.807, 2.05) is 18.7 Å². The monoisotopic (exact) mass is 347 g/mol. The van der Waals surface area contributed by atoms with Gasteiger partial charge in [0.25, 0.3) is 0 Å². The van der Waals surface area contributed by atoms with Crippen LogP contribution in [0.15, 0.2) is 11.4 Å². The molecule has 0 spiro atoms. The first-order valence-corrected chi connectivity index (χ1v) is 9.35. The molecule has 0 aliphatic carbocycles. The summed E-state index contributed by atoms with van der Waals surface area (Å²) in [4.78, 5) is 15.6. The van der Waals surface area contributed by atoms with Crippen molar-refractivity contribution in [2.45, 2.75) is 52.1 Å². The topological polar surface area (TPSA) is 69.2 Å². The number of H-pyrrole nitrogens is 1. The third-order valence-corrected chi connectivity index (χ3v) is 6.19. The van der Waals surface area contributed by atoms with Gasteiger partial charge in [-0.05, 0) is 56.2 Å². The predicted molar refractivity (Wildman–Crippen MR) is 95.4 cm³/mol. The summed E-state index contributed by atoms with van der Waals surface area (Å²) in [6.45, 7) is 7.19.